The first kappa shape index (κ1) is 14.8. The summed E-state index contributed by atoms with van der Waals surface area (Å²) < 4.78 is 4.93. The Hall–Kier alpha value is -2.24. The van der Waals surface area contributed by atoms with Gasteiger partial charge in [0.2, 0.25) is 0 Å². The lowest BCUT2D eigenvalue weighted by Crippen LogP contribution is -2.32. The molecule has 6 nitrogen and oxygen atoms in total. The Labute approximate surface area is 111 Å². The molecule has 1 aromatic rings. The van der Waals surface area contributed by atoms with Crippen molar-refractivity contribution in [2.75, 3.05) is 20.2 Å². The Morgan fingerprint density at radius 3 is 2.53 bits per heavy atom. The van der Waals surface area contributed by atoms with E-state index < -0.39 is 11.9 Å². The van der Waals surface area contributed by atoms with Crippen LogP contribution in [0.1, 0.15) is 23.7 Å². The van der Waals surface area contributed by atoms with Crippen LogP contribution in [0.5, 0.6) is 11.5 Å². The number of aromatic hydroxyl groups is 1. The van der Waals surface area contributed by atoms with E-state index in [-0.39, 0.29) is 24.3 Å². The fourth-order valence-corrected chi connectivity index (χ4v) is 1.62. The average molecular weight is 267 g/mol. The van der Waals surface area contributed by atoms with Crippen molar-refractivity contribution in [3.8, 4) is 11.5 Å². The number of hydrogen-bond acceptors (Lipinski definition) is 4. The highest BCUT2D eigenvalue weighted by Crippen LogP contribution is 2.24. The molecule has 0 heterocycles. The maximum Gasteiger partial charge on any atom is 0.305 e. The standard InChI is InChI=1S/C13H17NO5/c1-3-14(7-6-12(16)17)13(18)10-5-4-9(19-2)8-11(10)15/h4-5,8,15H,3,6-7H2,1-2H3,(H,16,17). The number of benzene rings is 1. The number of aliphatic carboxylic acids is 1. The van der Waals surface area contributed by atoms with E-state index in [4.69, 9.17) is 9.84 Å². The van der Waals surface area contributed by atoms with Crippen LogP contribution in [0, 0.1) is 0 Å². The van der Waals surface area contributed by atoms with Gasteiger partial charge in [0.15, 0.2) is 0 Å². The molecule has 2 N–H and O–H groups in total. The van der Waals surface area contributed by atoms with Gasteiger partial charge in [0.05, 0.1) is 19.1 Å². The van der Waals surface area contributed by atoms with E-state index in [2.05, 4.69) is 0 Å². The quantitative estimate of drug-likeness (QED) is 0.812. The monoisotopic (exact) mass is 267 g/mol. The number of ether oxygens (including phenoxy) is 1. The van der Waals surface area contributed by atoms with Crippen LogP contribution in [0.15, 0.2) is 18.2 Å². The molecule has 0 fully saturated rings. The minimum atomic E-state index is -0.967. The third-order valence-corrected chi connectivity index (χ3v) is 2.70. The maximum absolute atomic E-state index is 12.1. The Balaban J connectivity index is 2.88. The van der Waals surface area contributed by atoms with Crippen molar-refractivity contribution in [3.63, 3.8) is 0 Å². The minimum absolute atomic E-state index is 0.107. The van der Waals surface area contributed by atoms with Gasteiger partial charge in [-0.25, -0.2) is 0 Å². The summed E-state index contributed by atoms with van der Waals surface area (Å²) in [4.78, 5) is 24.0. The van der Waals surface area contributed by atoms with Gasteiger partial charge in [-0.3, -0.25) is 9.59 Å². The van der Waals surface area contributed by atoms with E-state index in [0.29, 0.717) is 12.3 Å². The summed E-state index contributed by atoms with van der Waals surface area (Å²) in [6.07, 6.45) is -0.128. The smallest absolute Gasteiger partial charge is 0.305 e. The van der Waals surface area contributed by atoms with Crippen molar-refractivity contribution in [3.05, 3.63) is 23.8 Å². The highest BCUT2D eigenvalue weighted by atomic mass is 16.5. The van der Waals surface area contributed by atoms with Gasteiger partial charge in [0.25, 0.3) is 5.91 Å². The van der Waals surface area contributed by atoms with Crippen LogP contribution < -0.4 is 4.74 Å². The van der Waals surface area contributed by atoms with Crippen molar-refractivity contribution in [1.82, 2.24) is 4.90 Å². The van der Waals surface area contributed by atoms with E-state index in [1.807, 2.05) is 0 Å². The van der Waals surface area contributed by atoms with Crippen LogP contribution in [-0.2, 0) is 4.79 Å². The van der Waals surface area contributed by atoms with Crippen molar-refractivity contribution < 1.29 is 24.5 Å². The van der Waals surface area contributed by atoms with Gasteiger partial charge in [0.1, 0.15) is 11.5 Å². The van der Waals surface area contributed by atoms with Crippen molar-refractivity contribution in [2.45, 2.75) is 13.3 Å². The molecule has 1 amide bonds. The first-order chi connectivity index (χ1) is 8.99. The normalized spacial score (nSPS) is 10.0. The predicted octanol–water partition coefficient (Wildman–Crippen LogP) is 1.34. The Kier molecular flexibility index (Phi) is 5.17. The number of carbonyl (C=O) groups is 2. The van der Waals surface area contributed by atoms with Gasteiger partial charge in [-0.15, -0.1) is 0 Å². The molecule has 0 aromatic heterocycles. The van der Waals surface area contributed by atoms with Crippen LogP contribution in [-0.4, -0.2) is 47.2 Å². The molecule has 104 valence electrons. The van der Waals surface area contributed by atoms with Gasteiger partial charge in [-0.1, -0.05) is 0 Å². The van der Waals surface area contributed by atoms with Crippen LogP contribution in [0.25, 0.3) is 0 Å². The van der Waals surface area contributed by atoms with Crippen LogP contribution in [0.3, 0.4) is 0 Å². The zero-order valence-corrected chi connectivity index (χ0v) is 10.9. The molecule has 0 saturated carbocycles. The number of phenols is 1. The van der Waals surface area contributed by atoms with Gasteiger partial charge >= 0.3 is 5.97 Å². The number of carboxylic acids is 1. The van der Waals surface area contributed by atoms with E-state index >= 15 is 0 Å². The summed E-state index contributed by atoms with van der Waals surface area (Å²) in [5.74, 6) is -1.10. The predicted molar refractivity (Wildman–Crippen MR) is 68.5 cm³/mol. The molecular weight excluding hydrogens is 250 g/mol. The molecule has 0 aliphatic carbocycles. The molecule has 0 atom stereocenters. The number of phenolic OH excluding ortho intramolecular Hbond substituents is 1. The van der Waals surface area contributed by atoms with Crippen molar-refractivity contribution in [2.24, 2.45) is 0 Å². The van der Waals surface area contributed by atoms with Gasteiger partial charge in [-0.05, 0) is 19.1 Å². The largest absolute Gasteiger partial charge is 0.507 e. The first-order valence-electron chi connectivity index (χ1n) is 5.87. The molecule has 0 bridgehead atoms. The lowest BCUT2D eigenvalue weighted by atomic mass is 10.1. The molecule has 0 aliphatic rings. The molecule has 0 unspecified atom stereocenters. The van der Waals surface area contributed by atoms with Gasteiger partial charge in [0, 0.05) is 19.2 Å². The second kappa shape index (κ2) is 6.63. The second-order valence-electron chi connectivity index (χ2n) is 3.91. The third-order valence-electron chi connectivity index (χ3n) is 2.70. The summed E-state index contributed by atoms with van der Waals surface area (Å²) in [6.45, 7) is 2.23. The SMILES string of the molecule is CCN(CCC(=O)O)C(=O)c1ccc(OC)cc1O. The second-order valence-corrected chi connectivity index (χ2v) is 3.91. The van der Waals surface area contributed by atoms with Gasteiger partial charge < -0.3 is 19.8 Å². The number of nitrogens with zero attached hydrogens (tertiary/aromatic N) is 1. The summed E-state index contributed by atoms with van der Waals surface area (Å²) >= 11 is 0. The Morgan fingerprint density at radius 2 is 2.05 bits per heavy atom. The van der Waals surface area contributed by atoms with Crippen LogP contribution in [0.2, 0.25) is 0 Å². The molecule has 0 saturated heterocycles. The highest BCUT2D eigenvalue weighted by Gasteiger charge is 2.18. The maximum atomic E-state index is 12.1. The van der Waals surface area contributed by atoms with Gasteiger partial charge in [-0.2, -0.15) is 0 Å². The van der Waals surface area contributed by atoms with E-state index in [1.54, 1.807) is 13.0 Å². The first-order valence-corrected chi connectivity index (χ1v) is 5.87. The Morgan fingerprint density at radius 1 is 1.37 bits per heavy atom. The zero-order valence-electron chi connectivity index (χ0n) is 10.9. The fraction of sp³-hybridized carbons (Fsp3) is 0.385. The summed E-state index contributed by atoms with van der Waals surface area (Å²) in [6, 6.07) is 4.37. The minimum Gasteiger partial charge on any atom is -0.507 e. The number of carbonyl (C=O) groups excluding carboxylic acids is 1. The van der Waals surface area contributed by atoms with E-state index in [9.17, 15) is 14.7 Å². The molecular formula is C13H17NO5. The summed E-state index contributed by atoms with van der Waals surface area (Å²) in [7, 11) is 1.46. The number of methoxy groups -OCH3 is 1. The lowest BCUT2D eigenvalue weighted by Gasteiger charge is -2.20. The summed E-state index contributed by atoms with van der Waals surface area (Å²) in [5.41, 5.74) is 0.132. The lowest BCUT2D eigenvalue weighted by molar-refractivity contribution is -0.137. The van der Waals surface area contributed by atoms with E-state index in [0.717, 1.165) is 0 Å². The molecule has 19 heavy (non-hydrogen) atoms. The van der Waals surface area contributed by atoms with Crippen molar-refractivity contribution in [1.29, 1.82) is 0 Å². The average Bonchev–Trinajstić information content (AvgIpc) is 2.38. The molecule has 0 spiro atoms. The molecule has 6 heteroatoms. The van der Waals surface area contributed by atoms with Crippen molar-refractivity contribution >= 4 is 11.9 Å². The van der Waals surface area contributed by atoms with Crippen LogP contribution in [0.4, 0.5) is 0 Å². The zero-order chi connectivity index (χ0) is 14.4. The third kappa shape index (κ3) is 3.87. The number of amides is 1. The van der Waals surface area contributed by atoms with Crippen LogP contribution >= 0.6 is 0 Å². The molecule has 0 aliphatic heterocycles. The molecule has 1 rings (SSSR count). The number of hydrogen-bond donors (Lipinski definition) is 2. The summed E-state index contributed by atoms with van der Waals surface area (Å²) in [5, 5.41) is 18.4. The molecule has 0 radical (unpaired) electrons. The number of carboxylic acid groups (broad SMARTS) is 1. The van der Waals surface area contributed by atoms with E-state index in [1.165, 1.54) is 24.1 Å². The Bertz CT molecular complexity index is 472. The molecule has 1 aromatic carbocycles. The topological polar surface area (TPSA) is 87.1 Å². The number of rotatable bonds is 6. The fourth-order valence-electron chi connectivity index (χ4n) is 1.62. The highest BCUT2D eigenvalue weighted by molar-refractivity contribution is 5.97.